The molecule has 112 valence electrons. The lowest BCUT2D eigenvalue weighted by molar-refractivity contribution is -0.124. The van der Waals surface area contributed by atoms with Crippen LogP contribution in [0.2, 0.25) is 5.02 Å². The third-order valence-electron chi connectivity index (χ3n) is 2.72. The maximum Gasteiger partial charge on any atom is 0.237 e. The fraction of sp³-hybridized carbons (Fsp3) is 0.533. The molecule has 0 saturated heterocycles. The highest BCUT2D eigenvalue weighted by Gasteiger charge is 2.18. The summed E-state index contributed by atoms with van der Waals surface area (Å²) in [5, 5.41) is 6.68. The maximum atomic E-state index is 11.9. The van der Waals surface area contributed by atoms with Crippen molar-refractivity contribution < 1.29 is 9.53 Å². The van der Waals surface area contributed by atoms with Crippen LogP contribution in [0.15, 0.2) is 18.2 Å². The van der Waals surface area contributed by atoms with Crippen molar-refractivity contribution in [2.24, 2.45) is 0 Å². The van der Waals surface area contributed by atoms with Crippen LogP contribution in [-0.2, 0) is 11.3 Å². The van der Waals surface area contributed by atoms with Gasteiger partial charge in [0.15, 0.2) is 0 Å². The van der Waals surface area contributed by atoms with Gasteiger partial charge in [-0.15, -0.1) is 0 Å². The van der Waals surface area contributed by atoms with Gasteiger partial charge in [0.2, 0.25) is 5.91 Å². The molecular weight excluding hydrogens is 276 g/mol. The van der Waals surface area contributed by atoms with E-state index < -0.39 is 0 Å². The second-order valence-electron chi connectivity index (χ2n) is 5.81. The summed E-state index contributed by atoms with van der Waals surface area (Å²) >= 11 is 6.06. The highest BCUT2D eigenvalue weighted by atomic mass is 35.5. The lowest BCUT2D eigenvalue weighted by atomic mass is 10.1. The zero-order valence-corrected chi connectivity index (χ0v) is 13.5. The molecule has 0 aliphatic carbocycles. The smallest absolute Gasteiger partial charge is 0.237 e. The van der Waals surface area contributed by atoms with Crippen molar-refractivity contribution in [3.63, 3.8) is 0 Å². The largest absolute Gasteiger partial charge is 0.495 e. The van der Waals surface area contributed by atoms with E-state index in [1.165, 1.54) is 0 Å². The molecular formula is C15H23ClN2O2. The Morgan fingerprint density at radius 2 is 2.05 bits per heavy atom. The lowest BCUT2D eigenvalue weighted by Gasteiger charge is -2.23. The second kappa shape index (κ2) is 6.95. The molecule has 0 fully saturated rings. The van der Waals surface area contributed by atoms with E-state index in [-0.39, 0.29) is 17.5 Å². The third-order valence-corrected chi connectivity index (χ3v) is 3.02. The van der Waals surface area contributed by atoms with E-state index in [2.05, 4.69) is 10.6 Å². The van der Waals surface area contributed by atoms with Crippen LogP contribution in [-0.4, -0.2) is 24.6 Å². The molecule has 0 heterocycles. The topological polar surface area (TPSA) is 50.4 Å². The summed E-state index contributed by atoms with van der Waals surface area (Å²) in [7, 11) is 1.58. The molecule has 1 aromatic carbocycles. The molecule has 5 heteroatoms. The summed E-state index contributed by atoms with van der Waals surface area (Å²) < 4.78 is 5.10. The van der Waals surface area contributed by atoms with E-state index in [1.54, 1.807) is 7.11 Å². The number of nitrogens with one attached hydrogen (secondary N) is 2. The Balaban J connectivity index is 2.54. The number of hydrogen-bond donors (Lipinski definition) is 2. The van der Waals surface area contributed by atoms with Crippen molar-refractivity contribution >= 4 is 17.5 Å². The molecule has 0 bridgehead atoms. The number of carbonyl (C=O) groups is 1. The van der Waals surface area contributed by atoms with Crippen LogP contribution in [0.25, 0.3) is 0 Å². The first kappa shape index (κ1) is 16.8. The molecule has 0 spiro atoms. The van der Waals surface area contributed by atoms with E-state index >= 15 is 0 Å². The maximum absolute atomic E-state index is 11.9. The fourth-order valence-corrected chi connectivity index (χ4v) is 1.94. The monoisotopic (exact) mass is 298 g/mol. The van der Waals surface area contributed by atoms with Gasteiger partial charge in [0, 0.05) is 12.1 Å². The van der Waals surface area contributed by atoms with Gasteiger partial charge in [-0.1, -0.05) is 17.7 Å². The number of hydrogen-bond acceptors (Lipinski definition) is 3. The third kappa shape index (κ3) is 5.39. The fourth-order valence-electron chi connectivity index (χ4n) is 1.66. The average Bonchev–Trinajstić information content (AvgIpc) is 2.34. The summed E-state index contributed by atoms with van der Waals surface area (Å²) in [6, 6.07) is 5.31. The van der Waals surface area contributed by atoms with E-state index in [9.17, 15) is 4.79 Å². The molecule has 20 heavy (non-hydrogen) atoms. The van der Waals surface area contributed by atoms with Gasteiger partial charge in [0.1, 0.15) is 5.75 Å². The van der Waals surface area contributed by atoms with Crippen molar-refractivity contribution in [3.8, 4) is 5.75 Å². The van der Waals surface area contributed by atoms with Gasteiger partial charge in [-0.3, -0.25) is 4.79 Å². The van der Waals surface area contributed by atoms with Crippen LogP contribution in [0.4, 0.5) is 0 Å². The van der Waals surface area contributed by atoms with Crippen molar-refractivity contribution in [1.29, 1.82) is 0 Å². The van der Waals surface area contributed by atoms with Crippen molar-refractivity contribution in [1.82, 2.24) is 10.6 Å². The number of amides is 1. The van der Waals surface area contributed by atoms with Crippen molar-refractivity contribution in [2.75, 3.05) is 7.11 Å². The first-order valence-corrected chi connectivity index (χ1v) is 6.98. The summed E-state index contributed by atoms with van der Waals surface area (Å²) in [4.78, 5) is 11.9. The number of carbonyl (C=O) groups excluding carboxylic acids is 1. The zero-order valence-electron chi connectivity index (χ0n) is 12.7. The van der Waals surface area contributed by atoms with Gasteiger partial charge >= 0.3 is 0 Å². The van der Waals surface area contributed by atoms with Gasteiger partial charge < -0.3 is 15.4 Å². The summed E-state index contributed by atoms with van der Waals surface area (Å²) in [6.45, 7) is 8.29. The molecule has 0 radical (unpaired) electrons. The Bertz CT molecular complexity index is 469. The van der Waals surface area contributed by atoms with Crippen LogP contribution in [0, 0.1) is 0 Å². The molecule has 1 atom stereocenters. The highest BCUT2D eigenvalue weighted by Crippen LogP contribution is 2.24. The van der Waals surface area contributed by atoms with E-state index in [0.717, 1.165) is 5.56 Å². The standard InChI is InChI=1S/C15H23ClN2O2/c1-10(14(19)18-15(2,3)4)17-9-11-6-7-13(20-5)12(16)8-11/h6-8,10,17H,9H2,1-5H3,(H,18,19). The van der Waals surface area contributed by atoms with E-state index in [4.69, 9.17) is 16.3 Å². The highest BCUT2D eigenvalue weighted by molar-refractivity contribution is 6.32. The van der Waals surface area contributed by atoms with Gasteiger partial charge in [-0.25, -0.2) is 0 Å². The van der Waals surface area contributed by atoms with E-state index in [1.807, 2.05) is 45.9 Å². The van der Waals surface area contributed by atoms with Gasteiger partial charge in [-0.05, 0) is 45.4 Å². The van der Waals surface area contributed by atoms with Crippen LogP contribution < -0.4 is 15.4 Å². The molecule has 0 saturated carbocycles. The van der Waals surface area contributed by atoms with Crippen molar-refractivity contribution in [2.45, 2.75) is 45.8 Å². The van der Waals surface area contributed by atoms with Gasteiger partial charge in [-0.2, -0.15) is 0 Å². The molecule has 0 aromatic heterocycles. The Hall–Kier alpha value is -1.26. The molecule has 1 aromatic rings. The number of methoxy groups -OCH3 is 1. The first-order valence-electron chi connectivity index (χ1n) is 6.61. The second-order valence-corrected chi connectivity index (χ2v) is 6.22. The molecule has 1 rings (SSSR count). The van der Waals surface area contributed by atoms with Crippen LogP contribution in [0.1, 0.15) is 33.3 Å². The van der Waals surface area contributed by atoms with Crippen LogP contribution in [0.3, 0.4) is 0 Å². The Labute approximate surface area is 125 Å². The first-order chi connectivity index (χ1) is 9.23. The Kier molecular flexibility index (Phi) is 5.84. The summed E-state index contributed by atoms with van der Waals surface area (Å²) in [6.07, 6.45) is 0. The number of halogens is 1. The van der Waals surface area contributed by atoms with Crippen LogP contribution in [0.5, 0.6) is 5.75 Å². The van der Waals surface area contributed by atoms with Crippen LogP contribution >= 0.6 is 11.6 Å². The lowest BCUT2D eigenvalue weighted by Crippen LogP contribution is -2.49. The number of ether oxygens (including phenoxy) is 1. The molecule has 0 aliphatic rings. The zero-order chi connectivity index (χ0) is 15.3. The molecule has 4 nitrogen and oxygen atoms in total. The van der Waals surface area contributed by atoms with Crippen molar-refractivity contribution in [3.05, 3.63) is 28.8 Å². The molecule has 0 aliphatic heterocycles. The Morgan fingerprint density at radius 1 is 1.40 bits per heavy atom. The summed E-state index contributed by atoms with van der Waals surface area (Å²) in [5.74, 6) is 0.631. The molecule has 2 N–H and O–H groups in total. The minimum absolute atomic E-state index is 0.0166. The Morgan fingerprint density at radius 3 is 2.55 bits per heavy atom. The normalized spacial score (nSPS) is 12.9. The quantitative estimate of drug-likeness (QED) is 0.879. The van der Waals surface area contributed by atoms with Gasteiger partial charge in [0.25, 0.3) is 0 Å². The molecule has 1 amide bonds. The van der Waals surface area contributed by atoms with E-state index in [0.29, 0.717) is 17.3 Å². The predicted octanol–water partition coefficient (Wildman–Crippen LogP) is 2.74. The SMILES string of the molecule is COc1ccc(CNC(C)C(=O)NC(C)(C)C)cc1Cl. The summed E-state index contributed by atoms with van der Waals surface area (Å²) in [5.41, 5.74) is 0.780. The molecule has 1 unspecified atom stereocenters. The predicted molar refractivity (Wildman–Crippen MR) is 82.2 cm³/mol. The average molecular weight is 299 g/mol. The number of benzene rings is 1. The number of rotatable bonds is 5. The minimum atomic E-state index is -0.268. The van der Waals surface area contributed by atoms with Gasteiger partial charge in [0.05, 0.1) is 18.2 Å². The minimum Gasteiger partial charge on any atom is -0.495 e.